The Hall–Kier alpha value is -3.17. The number of aryl methyl sites for hydroxylation is 1. The first kappa shape index (κ1) is 30.8. The van der Waals surface area contributed by atoms with Crippen LogP contribution in [0.15, 0.2) is 70.7 Å². The number of hydrogen-bond donors (Lipinski definition) is 1. The molecule has 1 aromatic rings. The molecule has 188 valence electrons. The van der Waals surface area contributed by atoms with Crippen LogP contribution in [0, 0.1) is 0 Å². The number of aliphatic carboxylic acids is 1. The first-order valence-electron chi connectivity index (χ1n) is 9.89. The van der Waals surface area contributed by atoms with Gasteiger partial charge in [0.15, 0.2) is 0 Å². The molecule has 0 saturated carbocycles. The van der Waals surface area contributed by atoms with E-state index in [2.05, 4.69) is 11.6 Å². The van der Waals surface area contributed by atoms with Crippen molar-refractivity contribution in [3.05, 3.63) is 82.4 Å². The average Bonchev–Trinajstić information content (AvgIpc) is 2.74. The van der Waals surface area contributed by atoms with E-state index in [1.165, 1.54) is 19.9 Å². The Morgan fingerprint density at radius 3 is 2.03 bits per heavy atom. The second-order valence-corrected chi connectivity index (χ2v) is 6.91. The number of rotatable bonds is 6. The highest BCUT2D eigenvalue weighted by atomic mass is 19.4. The molecule has 1 aromatic carbocycles. The molecule has 0 heterocycles. The van der Waals surface area contributed by atoms with E-state index in [0.29, 0.717) is 35.2 Å². The molecule has 3 nitrogen and oxygen atoms in total. The molecule has 0 aromatic heterocycles. The summed E-state index contributed by atoms with van der Waals surface area (Å²) in [6.45, 7) is 11.2. The molecule has 10 heteroatoms. The van der Waals surface area contributed by atoms with Crippen molar-refractivity contribution in [1.82, 2.24) is 0 Å². The normalized spacial score (nSPS) is 14.2. The zero-order valence-electron chi connectivity index (χ0n) is 19.3. The van der Waals surface area contributed by atoms with Crippen LogP contribution in [0.2, 0.25) is 0 Å². The number of aliphatic imine (C=N–C) groups is 1. The van der Waals surface area contributed by atoms with Gasteiger partial charge in [-0.05, 0) is 75.6 Å². The van der Waals surface area contributed by atoms with Gasteiger partial charge in [0.1, 0.15) is 5.83 Å². The summed E-state index contributed by atoms with van der Waals surface area (Å²) in [6, 6.07) is 1.46. The Kier molecular flexibility index (Phi) is 11.7. The van der Waals surface area contributed by atoms with Crippen molar-refractivity contribution in [2.24, 2.45) is 4.99 Å². The highest BCUT2D eigenvalue weighted by molar-refractivity contribution is 6.01. The summed E-state index contributed by atoms with van der Waals surface area (Å²) in [7, 11) is 0. The van der Waals surface area contributed by atoms with E-state index in [0.717, 1.165) is 6.08 Å². The molecule has 0 aliphatic rings. The number of carbonyl (C=O) groups is 1. The number of benzene rings is 1. The van der Waals surface area contributed by atoms with Crippen LogP contribution in [0.25, 0.3) is 0 Å². The summed E-state index contributed by atoms with van der Waals surface area (Å²) in [5.41, 5.74) is -0.718. The maximum atomic E-state index is 13.1. The third kappa shape index (κ3) is 9.76. The van der Waals surface area contributed by atoms with Gasteiger partial charge in [-0.2, -0.15) is 26.3 Å². The third-order valence-corrected chi connectivity index (χ3v) is 4.53. The topological polar surface area (TPSA) is 49.7 Å². The average molecular weight is 493 g/mol. The quantitative estimate of drug-likeness (QED) is 0.188. The summed E-state index contributed by atoms with van der Waals surface area (Å²) in [5.74, 6) is -1.48. The molecule has 0 bridgehead atoms. The van der Waals surface area contributed by atoms with Crippen molar-refractivity contribution in [1.29, 1.82) is 0 Å². The van der Waals surface area contributed by atoms with Gasteiger partial charge in [0.2, 0.25) is 0 Å². The summed E-state index contributed by atoms with van der Waals surface area (Å²) in [6.07, 6.45) is -5.23. The van der Waals surface area contributed by atoms with E-state index < -0.39 is 35.3 Å². The van der Waals surface area contributed by atoms with E-state index in [9.17, 15) is 35.5 Å². The Balaban J connectivity index is 0.000000644. The van der Waals surface area contributed by atoms with Gasteiger partial charge in [0.05, 0.1) is 16.7 Å². The first-order valence-corrected chi connectivity index (χ1v) is 9.89. The molecule has 0 amide bonds. The van der Waals surface area contributed by atoms with Crippen LogP contribution >= 0.6 is 0 Å². The van der Waals surface area contributed by atoms with Crippen LogP contribution in [-0.2, 0) is 23.6 Å². The van der Waals surface area contributed by atoms with Gasteiger partial charge in [-0.15, -0.1) is 0 Å². The molecule has 0 saturated heterocycles. The molecule has 0 aliphatic heterocycles. The highest BCUT2D eigenvalue weighted by Gasteiger charge is 2.36. The molecule has 0 radical (unpaired) electrons. The number of allylic oxidation sites excluding steroid dienone is 6. The molecule has 0 atom stereocenters. The van der Waals surface area contributed by atoms with E-state index in [1.807, 2.05) is 0 Å². The van der Waals surface area contributed by atoms with Crippen LogP contribution in [0.3, 0.4) is 0 Å². The van der Waals surface area contributed by atoms with Crippen molar-refractivity contribution in [2.75, 3.05) is 0 Å². The highest BCUT2D eigenvalue weighted by Crippen LogP contribution is 2.36. The molecule has 1 N–H and O–H groups in total. The third-order valence-electron chi connectivity index (χ3n) is 4.53. The van der Waals surface area contributed by atoms with E-state index >= 15 is 0 Å². The van der Waals surface area contributed by atoms with Crippen molar-refractivity contribution >= 4 is 11.7 Å². The van der Waals surface area contributed by atoms with Gasteiger partial charge in [-0.1, -0.05) is 19.6 Å². The minimum absolute atomic E-state index is 0.0984. The van der Waals surface area contributed by atoms with Gasteiger partial charge >= 0.3 is 18.3 Å². The lowest BCUT2D eigenvalue weighted by atomic mass is 10.0. The number of hydrogen-bond acceptors (Lipinski definition) is 2. The van der Waals surface area contributed by atoms with Crippen molar-refractivity contribution in [3.8, 4) is 0 Å². The zero-order chi connectivity index (χ0) is 26.9. The molecule has 0 spiro atoms. The van der Waals surface area contributed by atoms with E-state index in [1.54, 1.807) is 26.8 Å². The van der Waals surface area contributed by atoms with Crippen molar-refractivity contribution in [3.63, 3.8) is 0 Å². The van der Waals surface area contributed by atoms with Gasteiger partial charge < -0.3 is 5.11 Å². The Labute approximate surface area is 193 Å². The number of nitrogens with zero attached hydrogens (tertiary/aromatic N) is 1. The van der Waals surface area contributed by atoms with Crippen LogP contribution in [0.1, 0.15) is 51.3 Å². The molecular weight excluding hydrogens is 467 g/mol. The second kappa shape index (κ2) is 12.9. The standard InChI is InChI=1S/C14H18FNO2.C10H8F6/c1-6-12(8-13(15)7-2)11(5)16-10(4)9(3)14(17)18;1-2-6-5-7(9(11,12)13)3-4-8(6)10(14,15)16/h6-8H,2H2,1,3-5H3,(H,17,18);3-5H,2H2,1H3/b10-9+,12-6+,13-8+,16-11+;. The summed E-state index contributed by atoms with van der Waals surface area (Å²) in [4.78, 5) is 14.9. The molecule has 0 unspecified atom stereocenters. The fraction of sp³-hybridized carbons (Fsp3) is 0.333. The Bertz CT molecular complexity index is 1010. The van der Waals surface area contributed by atoms with Crippen LogP contribution < -0.4 is 0 Å². The minimum atomic E-state index is -4.62. The maximum absolute atomic E-state index is 13.1. The fourth-order valence-corrected chi connectivity index (χ4v) is 2.50. The lowest BCUT2D eigenvalue weighted by Crippen LogP contribution is -2.12. The summed E-state index contributed by atoms with van der Waals surface area (Å²) >= 11 is 0. The monoisotopic (exact) mass is 493 g/mol. The van der Waals surface area contributed by atoms with Crippen molar-refractivity contribution < 1.29 is 40.6 Å². The predicted molar refractivity (Wildman–Crippen MR) is 118 cm³/mol. The number of carboxylic acid groups (broad SMARTS) is 1. The van der Waals surface area contributed by atoms with Gasteiger partial charge in [-0.3, -0.25) is 4.99 Å². The number of alkyl halides is 6. The first-order chi connectivity index (χ1) is 15.5. The molecule has 0 fully saturated rings. The van der Waals surface area contributed by atoms with E-state index in [-0.39, 0.29) is 17.6 Å². The maximum Gasteiger partial charge on any atom is 0.416 e. The lowest BCUT2D eigenvalue weighted by molar-refractivity contribution is -0.141. The van der Waals surface area contributed by atoms with Crippen molar-refractivity contribution in [2.45, 2.75) is 53.4 Å². The minimum Gasteiger partial charge on any atom is -0.478 e. The number of carboxylic acids is 1. The smallest absolute Gasteiger partial charge is 0.416 e. The summed E-state index contributed by atoms with van der Waals surface area (Å²) < 4.78 is 87.0. The Morgan fingerprint density at radius 2 is 1.65 bits per heavy atom. The molecular formula is C24H26F7NO2. The number of halogens is 7. The summed E-state index contributed by atoms with van der Waals surface area (Å²) in [5, 5.41) is 8.82. The van der Waals surface area contributed by atoms with E-state index in [4.69, 9.17) is 5.11 Å². The zero-order valence-corrected chi connectivity index (χ0v) is 19.3. The largest absolute Gasteiger partial charge is 0.478 e. The molecule has 1 rings (SSSR count). The van der Waals surface area contributed by atoms with Gasteiger partial charge in [0.25, 0.3) is 0 Å². The predicted octanol–water partition coefficient (Wildman–Crippen LogP) is 8.10. The molecule has 0 aliphatic carbocycles. The molecule has 34 heavy (non-hydrogen) atoms. The van der Waals surface area contributed by atoms with Gasteiger partial charge in [0, 0.05) is 11.4 Å². The van der Waals surface area contributed by atoms with Crippen LogP contribution in [-0.4, -0.2) is 16.8 Å². The van der Waals surface area contributed by atoms with Gasteiger partial charge in [-0.25, -0.2) is 9.18 Å². The van der Waals surface area contributed by atoms with Crippen LogP contribution in [0.4, 0.5) is 30.7 Å². The SMILES string of the molecule is C=C\C(F)=C/C(=C\C)C(/C)=N/C(C)=C(\C)C(=O)O.CCc1cc(C(F)(F)F)ccc1C(F)(F)F. The fourth-order valence-electron chi connectivity index (χ4n) is 2.50. The Morgan fingerprint density at radius 1 is 1.09 bits per heavy atom. The second-order valence-electron chi connectivity index (χ2n) is 6.91. The lowest BCUT2D eigenvalue weighted by Gasteiger charge is -2.14. The van der Waals surface area contributed by atoms with Crippen LogP contribution in [0.5, 0.6) is 0 Å².